The second-order valence-corrected chi connectivity index (χ2v) is 6.05. The molecule has 0 aliphatic carbocycles. The largest absolute Gasteiger partial charge is 0.484 e. The number of fused-ring (bicyclic) bond motifs is 1. The maximum Gasteiger partial charge on any atom is 0.349 e. The molecule has 9 heteroatoms. The summed E-state index contributed by atoms with van der Waals surface area (Å²) in [5, 5.41) is 14.1. The highest BCUT2D eigenvalue weighted by molar-refractivity contribution is 7.17. The maximum atomic E-state index is 12.3. The predicted molar refractivity (Wildman–Crippen MR) is 77.1 cm³/mol. The van der Waals surface area contributed by atoms with Gasteiger partial charge in [0.25, 0.3) is 5.91 Å². The summed E-state index contributed by atoms with van der Waals surface area (Å²) in [4.78, 5) is 27.7. The SMILES string of the molecule is Cc1csc(NC(=O)c2sc(C(=O)O)c3c2OCCO3)n1. The van der Waals surface area contributed by atoms with Gasteiger partial charge in [-0.15, -0.1) is 22.7 Å². The van der Waals surface area contributed by atoms with E-state index in [1.165, 1.54) is 11.3 Å². The molecule has 1 aliphatic rings. The van der Waals surface area contributed by atoms with Gasteiger partial charge in [0.1, 0.15) is 18.1 Å². The predicted octanol–water partition coefficient (Wildman–Crippen LogP) is 2.23. The van der Waals surface area contributed by atoms with Crippen molar-refractivity contribution in [2.24, 2.45) is 0 Å². The first-order chi connectivity index (χ1) is 10.1. The molecule has 0 saturated carbocycles. The zero-order chi connectivity index (χ0) is 15.0. The molecule has 1 amide bonds. The Balaban J connectivity index is 1.94. The molecule has 0 bridgehead atoms. The number of carbonyl (C=O) groups is 2. The van der Waals surface area contributed by atoms with Crippen molar-refractivity contribution in [1.82, 2.24) is 4.98 Å². The summed E-state index contributed by atoms with van der Waals surface area (Å²) in [5.41, 5.74) is 0.800. The van der Waals surface area contributed by atoms with Crippen LogP contribution in [0.15, 0.2) is 5.38 Å². The van der Waals surface area contributed by atoms with E-state index in [9.17, 15) is 9.59 Å². The van der Waals surface area contributed by atoms with E-state index in [0.29, 0.717) is 5.13 Å². The molecule has 1 aliphatic heterocycles. The number of nitrogens with one attached hydrogen (secondary N) is 1. The quantitative estimate of drug-likeness (QED) is 0.897. The molecule has 0 aromatic carbocycles. The average Bonchev–Trinajstić information content (AvgIpc) is 3.02. The molecule has 0 radical (unpaired) electrons. The minimum absolute atomic E-state index is 0.0369. The second-order valence-electron chi connectivity index (χ2n) is 4.17. The fourth-order valence-corrected chi connectivity index (χ4v) is 3.41. The van der Waals surface area contributed by atoms with Crippen LogP contribution in [-0.2, 0) is 0 Å². The molecule has 2 N–H and O–H groups in total. The Morgan fingerprint density at radius 2 is 1.95 bits per heavy atom. The van der Waals surface area contributed by atoms with Crippen molar-refractivity contribution in [3.8, 4) is 11.5 Å². The summed E-state index contributed by atoms with van der Waals surface area (Å²) in [7, 11) is 0. The van der Waals surface area contributed by atoms with Crippen molar-refractivity contribution in [2.45, 2.75) is 6.92 Å². The topological polar surface area (TPSA) is 97.8 Å². The molecule has 0 unspecified atom stereocenters. The lowest BCUT2D eigenvalue weighted by Crippen LogP contribution is -2.18. The summed E-state index contributed by atoms with van der Waals surface area (Å²) in [6, 6.07) is 0. The van der Waals surface area contributed by atoms with Crippen LogP contribution >= 0.6 is 22.7 Å². The third-order valence-corrected chi connectivity index (χ3v) is 4.65. The summed E-state index contributed by atoms with van der Waals surface area (Å²) in [6.45, 7) is 2.36. The van der Waals surface area contributed by atoms with Gasteiger partial charge in [-0.3, -0.25) is 10.1 Å². The Bertz CT molecular complexity index is 721. The van der Waals surface area contributed by atoms with Crippen LogP contribution in [0.25, 0.3) is 0 Å². The van der Waals surface area contributed by atoms with Crippen molar-refractivity contribution >= 4 is 39.7 Å². The third kappa shape index (κ3) is 2.57. The van der Waals surface area contributed by atoms with Crippen LogP contribution < -0.4 is 14.8 Å². The molecule has 0 spiro atoms. The number of ether oxygens (including phenoxy) is 2. The molecule has 110 valence electrons. The lowest BCUT2D eigenvalue weighted by molar-refractivity contribution is 0.0692. The van der Waals surface area contributed by atoms with E-state index >= 15 is 0 Å². The zero-order valence-electron chi connectivity index (χ0n) is 10.8. The minimum atomic E-state index is -1.15. The van der Waals surface area contributed by atoms with Crippen LogP contribution in [0, 0.1) is 6.92 Å². The van der Waals surface area contributed by atoms with E-state index in [2.05, 4.69) is 10.3 Å². The Labute approximate surface area is 127 Å². The van der Waals surface area contributed by atoms with Crippen LogP contribution in [0.1, 0.15) is 25.0 Å². The van der Waals surface area contributed by atoms with Crippen molar-refractivity contribution in [3.63, 3.8) is 0 Å². The van der Waals surface area contributed by atoms with Crippen LogP contribution in [-0.4, -0.2) is 35.2 Å². The highest BCUT2D eigenvalue weighted by Crippen LogP contribution is 2.44. The van der Waals surface area contributed by atoms with E-state index in [-0.39, 0.29) is 34.5 Å². The molecular formula is C12H10N2O5S2. The average molecular weight is 326 g/mol. The molecule has 0 fully saturated rings. The fourth-order valence-electron chi connectivity index (χ4n) is 1.81. The number of thiophene rings is 1. The van der Waals surface area contributed by atoms with Gasteiger partial charge in [-0.25, -0.2) is 9.78 Å². The number of carboxylic acids is 1. The molecule has 3 heterocycles. The van der Waals surface area contributed by atoms with Crippen molar-refractivity contribution in [2.75, 3.05) is 18.5 Å². The van der Waals surface area contributed by atoms with Crippen LogP contribution in [0.2, 0.25) is 0 Å². The first kappa shape index (κ1) is 13.8. The maximum absolute atomic E-state index is 12.3. The van der Waals surface area contributed by atoms with E-state index in [1.54, 1.807) is 0 Å². The van der Waals surface area contributed by atoms with Gasteiger partial charge < -0.3 is 14.6 Å². The lowest BCUT2D eigenvalue weighted by atomic mass is 10.3. The molecule has 0 saturated heterocycles. The summed E-state index contributed by atoms with van der Waals surface area (Å²) in [5.74, 6) is -1.29. The number of carboxylic acid groups (broad SMARTS) is 1. The number of carbonyl (C=O) groups excluding carboxylic acids is 1. The standard InChI is InChI=1S/C12H10N2O5S2/c1-5-4-20-12(13-5)14-10(15)8-6-7(19-3-2-18-6)9(21-8)11(16)17/h4H,2-3H2,1H3,(H,16,17)(H,13,14,15). The van der Waals surface area contributed by atoms with E-state index in [1.807, 2.05) is 12.3 Å². The highest BCUT2D eigenvalue weighted by atomic mass is 32.1. The van der Waals surface area contributed by atoms with Gasteiger partial charge in [0.15, 0.2) is 21.5 Å². The van der Waals surface area contributed by atoms with Crippen LogP contribution in [0.5, 0.6) is 11.5 Å². The molecule has 3 rings (SSSR count). The van der Waals surface area contributed by atoms with Crippen LogP contribution in [0.3, 0.4) is 0 Å². The molecule has 2 aromatic heterocycles. The highest BCUT2D eigenvalue weighted by Gasteiger charge is 2.31. The smallest absolute Gasteiger partial charge is 0.349 e. The summed E-state index contributed by atoms with van der Waals surface area (Å²) < 4.78 is 10.7. The fraction of sp³-hybridized carbons (Fsp3) is 0.250. The Morgan fingerprint density at radius 3 is 2.52 bits per heavy atom. The minimum Gasteiger partial charge on any atom is -0.484 e. The first-order valence-corrected chi connectivity index (χ1v) is 7.65. The van der Waals surface area contributed by atoms with E-state index in [0.717, 1.165) is 17.0 Å². The number of aromatic carboxylic acids is 1. The number of rotatable bonds is 3. The van der Waals surface area contributed by atoms with Gasteiger partial charge in [0, 0.05) is 5.38 Å². The number of nitrogens with zero attached hydrogens (tertiary/aromatic N) is 1. The van der Waals surface area contributed by atoms with Gasteiger partial charge >= 0.3 is 5.97 Å². The van der Waals surface area contributed by atoms with Crippen molar-refractivity contribution in [1.29, 1.82) is 0 Å². The Kier molecular flexibility index (Phi) is 3.52. The van der Waals surface area contributed by atoms with Crippen LogP contribution in [0.4, 0.5) is 5.13 Å². The summed E-state index contributed by atoms with van der Waals surface area (Å²) in [6.07, 6.45) is 0. The lowest BCUT2D eigenvalue weighted by Gasteiger charge is -2.16. The number of thiazole rings is 1. The van der Waals surface area contributed by atoms with Gasteiger partial charge in [-0.05, 0) is 6.92 Å². The number of aryl methyl sites for hydroxylation is 1. The molecule has 0 atom stereocenters. The normalized spacial score (nSPS) is 13.0. The summed E-state index contributed by atoms with van der Waals surface area (Å²) >= 11 is 2.13. The Hall–Kier alpha value is -2.13. The van der Waals surface area contributed by atoms with Crippen molar-refractivity contribution < 1.29 is 24.2 Å². The zero-order valence-corrected chi connectivity index (χ0v) is 12.5. The Morgan fingerprint density at radius 1 is 1.29 bits per heavy atom. The molecule has 21 heavy (non-hydrogen) atoms. The number of aromatic nitrogens is 1. The van der Waals surface area contributed by atoms with Gasteiger partial charge in [-0.2, -0.15) is 0 Å². The van der Waals surface area contributed by atoms with E-state index in [4.69, 9.17) is 14.6 Å². The number of amides is 1. The number of hydrogen-bond donors (Lipinski definition) is 2. The van der Waals surface area contributed by atoms with Gasteiger partial charge in [0.2, 0.25) is 0 Å². The monoisotopic (exact) mass is 326 g/mol. The first-order valence-electron chi connectivity index (χ1n) is 5.95. The number of hydrogen-bond acceptors (Lipinski definition) is 7. The second kappa shape index (κ2) is 5.34. The molecule has 7 nitrogen and oxygen atoms in total. The molecular weight excluding hydrogens is 316 g/mol. The van der Waals surface area contributed by atoms with Gasteiger partial charge in [0.05, 0.1) is 5.69 Å². The molecule has 2 aromatic rings. The van der Waals surface area contributed by atoms with Gasteiger partial charge in [-0.1, -0.05) is 0 Å². The number of anilines is 1. The third-order valence-electron chi connectivity index (χ3n) is 2.64. The van der Waals surface area contributed by atoms with E-state index < -0.39 is 11.9 Å². The van der Waals surface area contributed by atoms with Crippen molar-refractivity contribution in [3.05, 3.63) is 20.8 Å².